The van der Waals surface area contributed by atoms with E-state index in [-0.39, 0.29) is 5.41 Å². The van der Waals surface area contributed by atoms with E-state index < -0.39 is 0 Å². The van der Waals surface area contributed by atoms with Crippen LogP contribution in [0.25, 0.3) is 5.82 Å². The Morgan fingerprint density at radius 1 is 1.04 bits per heavy atom. The van der Waals surface area contributed by atoms with Gasteiger partial charge < -0.3 is 0 Å². The summed E-state index contributed by atoms with van der Waals surface area (Å²) in [5, 5.41) is 13.1. The number of rotatable bonds is 3. The fraction of sp³-hybridized carbons (Fsp3) is 0.176. The molecule has 0 bridgehead atoms. The van der Waals surface area contributed by atoms with Crippen molar-refractivity contribution in [1.29, 1.82) is 5.26 Å². The largest absolute Gasteiger partial charge is 0.268 e. The SMILES string of the molecule is Bc1cccc(C(C)(C)c2cccc(-n3ccc(C#N)n3)n2)n1. The van der Waals surface area contributed by atoms with Crippen molar-refractivity contribution in [1.82, 2.24) is 19.7 Å². The first-order valence-corrected chi connectivity index (χ1v) is 7.38. The average molecular weight is 301 g/mol. The maximum absolute atomic E-state index is 8.90. The van der Waals surface area contributed by atoms with Crippen molar-refractivity contribution < 1.29 is 0 Å². The molecule has 0 aliphatic carbocycles. The Morgan fingerprint density at radius 2 is 1.74 bits per heavy atom. The number of hydrogen-bond donors (Lipinski definition) is 0. The summed E-state index contributed by atoms with van der Waals surface area (Å²) in [7, 11) is 1.98. The fourth-order valence-corrected chi connectivity index (χ4v) is 2.43. The van der Waals surface area contributed by atoms with E-state index in [1.807, 2.05) is 50.3 Å². The van der Waals surface area contributed by atoms with Gasteiger partial charge in [-0.15, -0.1) is 0 Å². The molecule has 5 nitrogen and oxygen atoms in total. The van der Waals surface area contributed by atoms with Crippen LogP contribution in [0.3, 0.4) is 0 Å². The summed E-state index contributed by atoms with van der Waals surface area (Å²) in [5.41, 5.74) is 2.91. The van der Waals surface area contributed by atoms with Gasteiger partial charge in [0.25, 0.3) is 0 Å². The van der Waals surface area contributed by atoms with Crippen LogP contribution in [0.1, 0.15) is 30.9 Å². The van der Waals surface area contributed by atoms with Crippen molar-refractivity contribution in [3.63, 3.8) is 0 Å². The molecule has 3 heterocycles. The van der Waals surface area contributed by atoms with E-state index in [0.717, 1.165) is 17.0 Å². The van der Waals surface area contributed by atoms with Crippen molar-refractivity contribution in [2.24, 2.45) is 0 Å². The highest BCUT2D eigenvalue weighted by Crippen LogP contribution is 2.28. The third-order valence-corrected chi connectivity index (χ3v) is 3.84. The molecule has 0 aliphatic heterocycles. The van der Waals surface area contributed by atoms with Crippen molar-refractivity contribution in [2.45, 2.75) is 19.3 Å². The molecule has 112 valence electrons. The first-order valence-electron chi connectivity index (χ1n) is 7.38. The van der Waals surface area contributed by atoms with Crippen LogP contribution in [0.5, 0.6) is 0 Å². The Bertz CT molecular complexity index is 892. The van der Waals surface area contributed by atoms with Crippen molar-refractivity contribution in [3.8, 4) is 11.9 Å². The molecule has 0 radical (unpaired) electrons. The molecule has 0 atom stereocenters. The van der Waals surface area contributed by atoms with Gasteiger partial charge in [0.05, 0.1) is 11.4 Å². The van der Waals surface area contributed by atoms with Crippen LogP contribution in [0.2, 0.25) is 0 Å². The standard InChI is InChI=1S/C17H16BN5/c1-17(2,13-5-3-7-15(18)20-13)14-6-4-8-16(21-14)23-10-9-12(11-19)22-23/h3-10H,18H2,1-2H3. The van der Waals surface area contributed by atoms with E-state index in [9.17, 15) is 0 Å². The molecule has 3 aromatic heterocycles. The monoisotopic (exact) mass is 301 g/mol. The highest BCUT2D eigenvalue weighted by Gasteiger charge is 2.26. The summed E-state index contributed by atoms with van der Waals surface area (Å²) < 4.78 is 1.61. The maximum Gasteiger partial charge on any atom is 0.163 e. The van der Waals surface area contributed by atoms with Crippen LogP contribution in [0.15, 0.2) is 48.7 Å². The minimum atomic E-state index is -0.326. The van der Waals surface area contributed by atoms with Crippen LogP contribution in [0, 0.1) is 11.3 Å². The molecule has 0 amide bonds. The lowest BCUT2D eigenvalue weighted by atomic mass is 9.84. The zero-order valence-electron chi connectivity index (χ0n) is 13.4. The fourth-order valence-electron chi connectivity index (χ4n) is 2.43. The summed E-state index contributed by atoms with van der Waals surface area (Å²) in [5.74, 6) is 0.685. The molecule has 23 heavy (non-hydrogen) atoms. The first-order chi connectivity index (χ1) is 11.0. The number of pyridine rings is 2. The van der Waals surface area contributed by atoms with Crippen LogP contribution < -0.4 is 5.59 Å². The molecule has 3 rings (SSSR count). The van der Waals surface area contributed by atoms with Gasteiger partial charge in [-0.25, -0.2) is 9.67 Å². The smallest absolute Gasteiger partial charge is 0.163 e. The lowest BCUT2D eigenvalue weighted by molar-refractivity contribution is 0.593. The molecule has 0 unspecified atom stereocenters. The summed E-state index contributed by atoms with van der Waals surface area (Å²) >= 11 is 0. The second-order valence-corrected chi connectivity index (χ2v) is 5.93. The lowest BCUT2D eigenvalue weighted by Crippen LogP contribution is -2.25. The molecule has 6 heteroatoms. The Hall–Kier alpha value is -2.94. The Labute approximate surface area is 136 Å². The average Bonchev–Trinajstić information content (AvgIpc) is 3.04. The third kappa shape index (κ3) is 2.86. The van der Waals surface area contributed by atoms with Gasteiger partial charge in [0.15, 0.2) is 19.4 Å². The minimum Gasteiger partial charge on any atom is -0.268 e. The van der Waals surface area contributed by atoms with E-state index in [1.54, 1.807) is 16.9 Å². The van der Waals surface area contributed by atoms with Gasteiger partial charge in [0.1, 0.15) is 6.07 Å². The van der Waals surface area contributed by atoms with E-state index >= 15 is 0 Å². The van der Waals surface area contributed by atoms with Gasteiger partial charge in [0, 0.05) is 11.6 Å². The Balaban J connectivity index is 2.03. The molecule has 0 saturated carbocycles. The topological polar surface area (TPSA) is 67.4 Å². The van der Waals surface area contributed by atoms with E-state index in [4.69, 9.17) is 10.2 Å². The zero-order valence-corrected chi connectivity index (χ0v) is 13.4. The predicted molar refractivity (Wildman–Crippen MR) is 90.6 cm³/mol. The van der Waals surface area contributed by atoms with E-state index in [0.29, 0.717) is 11.5 Å². The van der Waals surface area contributed by atoms with Crippen molar-refractivity contribution >= 4 is 13.4 Å². The van der Waals surface area contributed by atoms with Crippen LogP contribution in [0.4, 0.5) is 0 Å². The van der Waals surface area contributed by atoms with Gasteiger partial charge in [-0.3, -0.25) is 4.98 Å². The molecular formula is C17H16BN5. The number of nitrogens with zero attached hydrogens (tertiary/aromatic N) is 5. The molecule has 0 aromatic carbocycles. The number of hydrogen-bond acceptors (Lipinski definition) is 4. The molecule has 0 aliphatic rings. The lowest BCUT2D eigenvalue weighted by Gasteiger charge is -2.24. The highest BCUT2D eigenvalue weighted by molar-refractivity contribution is 6.30. The van der Waals surface area contributed by atoms with E-state index in [1.165, 1.54) is 0 Å². The van der Waals surface area contributed by atoms with Gasteiger partial charge in [-0.1, -0.05) is 18.2 Å². The minimum absolute atomic E-state index is 0.326. The van der Waals surface area contributed by atoms with Gasteiger partial charge in [-0.2, -0.15) is 10.4 Å². The predicted octanol–water partition coefficient (Wildman–Crippen LogP) is 1.12. The number of nitriles is 1. The molecule has 3 aromatic rings. The first kappa shape index (κ1) is 15.0. The molecule has 0 saturated heterocycles. The second kappa shape index (κ2) is 5.69. The quantitative estimate of drug-likeness (QED) is 0.680. The second-order valence-electron chi connectivity index (χ2n) is 5.93. The van der Waals surface area contributed by atoms with Gasteiger partial charge in [0.2, 0.25) is 0 Å². The molecular weight excluding hydrogens is 285 g/mol. The normalized spacial score (nSPS) is 11.2. The van der Waals surface area contributed by atoms with Crippen molar-refractivity contribution in [2.75, 3.05) is 0 Å². The van der Waals surface area contributed by atoms with Crippen LogP contribution >= 0.6 is 0 Å². The van der Waals surface area contributed by atoms with E-state index in [2.05, 4.69) is 23.9 Å². The van der Waals surface area contributed by atoms with Crippen molar-refractivity contribution in [3.05, 3.63) is 65.7 Å². The summed E-state index contributed by atoms with van der Waals surface area (Å²) in [4.78, 5) is 9.35. The molecule has 0 spiro atoms. The highest BCUT2D eigenvalue weighted by atomic mass is 15.3. The molecule has 0 N–H and O–H groups in total. The Morgan fingerprint density at radius 3 is 2.39 bits per heavy atom. The summed E-state index contributed by atoms with van der Waals surface area (Å²) in [6.45, 7) is 4.20. The van der Waals surface area contributed by atoms with Crippen LogP contribution in [-0.4, -0.2) is 27.6 Å². The Kier molecular flexibility index (Phi) is 3.71. The number of aromatic nitrogens is 4. The zero-order chi connectivity index (χ0) is 16.4. The maximum atomic E-state index is 8.90. The third-order valence-electron chi connectivity index (χ3n) is 3.84. The summed E-state index contributed by atoms with van der Waals surface area (Å²) in [6, 6.07) is 15.5. The summed E-state index contributed by atoms with van der Waals surface area (Å²) in [6.07, 6.45) is 1.74. The van der Waals surface area contributed by atoms with Gasteiger partial charge >= 0.3 is 0 Å². The molecule has 0 fully saturated rings. The van der Waals surface area contributed by atoms with Crippen LogP contribution in [-0.2, 0) is 5.41 Å². The van der Waals surface area contributed by atoms with Gasteiger partial charge in [-0.05, 0) is 43.7 Å².